The van der Waals surface area contributed by atoms with Crippen molar-refractivity contribution in [1.29, 1.82) is 0 Å². The average molecular weight is 338 g/mol. The zero-order valence-electron chi connectivity index (χ0n) is 14.2. The molecule has 0 amide bonds. The minimum Gasteiger partial charge on any atom is -0.487 e. The number of fused-ring (bicyclic) bond motifs is 1. The summed E-state index contributed by atoms with van der Waals surface area (Å²) in [5, 5.41) is 1.15. The second kappa shape index (κ2) is 7.62. The molecule has 0 aliphatic rings. The molecule has 0 aliphatic heterocycles. The minimum absolute atomic E-state index is 0.469. The molecule has 0 spiro atoms. The van der Waals surface area contributed by atoms with Crippen LogP contribution in [0.4, 0.5) is 0 Å². The van der Waals surface area contributed by atoms with Crippen LogP contribution in [0.5, 0.6) is 5.75 Å². The predicted molar refractivity (Wildman–Crippen MR) is 106 cm³/mol. The van der Waals surface area contributed by atoms with E-state index >= 15 is 0 Å². The molecule has 0 unspecified atom stereocenters. The van der Waals surface area contributed by atoms with E-state index in [0.717, 1.165) is 33.6 Å². The first kappa shape index (κ1) is 16.0. The number of benzene rings is 2. The fourth-order valence-electron chi connectivity index (χ4n) is 2.67. The van der Waals surface area contributed by atoms with Crippen LogP contribution >= 0.6 is 0 Å². The van der Waals surface area contributed by atoms with Crippen molar-refractivity contribution in [2.45, 2.75) is 6.61 Å². The van der Waals surface area contributed by atoms with Crippen LogP contribution in [-0.4, -0.2) is 9.97 Å². The number of aromatic nitrogens is 2. The molecule has 4 rings (SSSR count). The molecule has 2 aromatic carbocycles. The second-order valence-electron chi connectivity index (χ2n) is 5.94. The van der Waals surface area contributed by atoms with Gasteiger partial charge in [-0.15, -0.1) is 0 Å². The number of hydrogen-bond donors (Lipinski definition) is 0. The predicted octanol–water partition coefficient (Wildman–Crippen LogP) is 5.38. The Bertz CT molecular complexity index is 1020. The van der Waals surface area contributed by atoms with Gasteiger partial charge in [0.25, 0.3) is 0 Å². The molecule has 0 radical (unpaired) electrons. The van der Waals surface area contributed by atoms with E-state index in [1.165, 1.54) is 0 Å². The topological polar surface area (TPSA) is 35.0 Å². The van der Waals surface area contributed by atoms with Crippen LogP contribution in [0.1, 0.15) is 17.0 Å². The third kappa shape index (κ3) is 3.95. The molecule has 0 atom stereocenters. The molecular weight excluding hydrogens is 320 g/mol. The van der Waals surface area contributed by atoms with Crippen molar-refractivity contribution < 1.29 is 4.74 Å². The van der Waals surface area contributed by atoms with E-state index in [0.29, 0.717) is 6.61 Å². The van der Waals surface area contributed by atoms with E-state index in [1.807, 2.05) is 72.8 Å². The molecule has 26 heavy (non-hydrogen) atoms. The summed E-state index contributed by atoms with van der Waals surface area (Å²) in [5.74, 6) is 0.830. The molecule has 2 heterocycles. The lowest BCUT2D eigenvalue weighted by atomic mass is 10.1. The van der Waals surface area contributed by atoms with Gasteiger partial charge in [0.1, 0.15) is 12.4 Å². The Morgan fingerprint density at radius 3 is 2.46 bits per heavy atom. The fraction of sp³-hybridized carbons (Fsp3) is 0.0435. The highest BCUT2D eigenvalue weighted by atomic mass is 16.5. The van der Waals surface area contributed by atoms with Gasteiger partial charge in [-0.25, -0.2) is 4.98 Å². The Labute approximate surface area is 152 Å². The third-order valence-electron chi connectivity index (χ3n) is 4.06. The average Bonchev–Trinajstić information content (AvgIpc) is 2.72. The molecule has 0 N–H and O–H groups in total. The Morgan fingerprint density at radius 1 is 0.769 bits per heavy atom. The van der Waals surface area contributed by atoms with Gasteiger partial charge in [0.15, 0.2) is 0 Å². The van der Waals surface area contributed by atoms with Gasteiger partial charge in [-0.1, -0.05) is 48.5 Å². The summed E-state index contributed by atoms with van der Waals surface area (Å²) >= 11 is 0. The summed E-state index contributed by atoms with van der Waals surface area (Å²) in [6.45, 7) is 0.469. The van der Waals surface area contributed by atoms with Crippen molar-refractivity contribution in [1.82, 2.24) is 9.97 Å². The first-order valence-electron chi connectivity index (χ1n) is 8.53. The smallest absolute Gasteiger partial charge is 0.130 e. The Kier molecular flexibility index (Phi) is 4.70. The van der Waals surface area contributed by atoms with Gasteiger partial charge in [-0.3, -0.25) is 4.98 Å². The molecule has 4 aromatic rings. The van der Waals surface area contributed by atoms with Crippen molar-refractivity contribution in [2.75, 3.05) is 0 Å². The molecule has 0 fully saturated rings. The lowest BCUT2D eigenvalue weighted by Gasteiger charge is -2.05. The molecule has 126 valence electrons. The van der Waals surface area contributed by atoms with Crippen molar-refractivity contribution >= 4 is 23.1 Å². The van der Waals surface area contributed by atoms with E-state index in [2.05, 4.69) is 28.2 Å². The number of rotatable bonds is 5. The fourth-order valence-corrected chi connectivity index (χ4v) is 2.67. The van der Waals surface area contributed by atoms with Crippen LogP contribution in [-0.2, 0) is 6.61 Å². The highest BCUT2D eigenvalue weighted by molar-refractivity contribution is 5.80. The maximum atomic E-state index is 5.76. The van der Waals surface area contributed by atoms with Crippen molar-refractivity contribution in [2.24, 2.45) is 0 Å². The van der Waals surface area contributed by atoms with Crippen molar-refractivity contribution in [3.8, 4) is 5.75 Å². The zero-order chi connectivity index (χ0) is 17.6. The van der Waals surface area contributed by atoms with Gasteiger partial charge in [0.2, 0.25) is 0 Å². The third-order valence-corrected chi connectivity index (χ3v) is 4.06. The lowest BCUT2D eigenvalue weighted by molar-refractivity contribution is 0.301. The Hall–Kier alpha value is -3.46. The Balaban J connectivity index is 1.42. The SMILES string of the molecule is C(=C\c1ccc2ccccc2n1)/c1ccc(OCc2ccccn2)cc1. The molecule has 0 bridgehead atoms. The van der Waals surface area contributed by atoms with E-state index in [9.17, 15) is 0 Å². The molecule has 0 saturated carbocycles. The molecule has 0 aliphatic carbocycles. The molecule has 0 saturated heterocycles. The van der Waals surface area contributed by atoms with Gasteiger partial charge in [0.05, 0.1) is 16.9 Å². The summed E-state index contributed by atoms with van der Waals surface area (Å²) in [5.41, 5.74) is 3.97. The van der Waals surface area contributed by atoms with Crippen molar-refractivity contribution in [3.63, 3.8) is 0 Å². The summed E-state index contributed by atoms with van der Waals surface area (Å²) < 4.78 is 5.76. The maximum absolute atomic E-state index is 5.76. The standard InChI is InChI=1S/C23H18N2O/c1-2-7-23-19(5-1)11-13-20(25-23)12-8-18-9-14-22(15-10-18)26-17-21-6-3-4-16-24-21/h1-16H,17H2/b12-8+. The minimum atomic E-state index is 0.469. The van der Waals surface area contributed by atoms with Crippen LogP contribution < -0.4 is 4.74 Å². The van der Waals surface area contributed by atoms with Crippen LogP contribution in [0.3, 0.4) is 0 Å². The zero-order valence-corrected chi connectivity index (χ0v) is 14.2. The van der Waals surface area contributed by atoms with E-state index in [-0.39, 0.29) is 0 Å². The molecule has 3 nitrogen and oxygen atoms in total. The number of hydrogen-bond acceptors (Lipinski definition) is 3. The number of nitrogens with zero attached hydrogens (tertiary/aromatic N) is 2. The van der Waals surface area contributed by atoms with Crippen LogP contribution in [0, 0.1) is 0 Å². The van der Waals surface area contributed by atoms with E-state index in [1.54, 1.807) is 6.20 Å². The summed E-state index contributed by atoms with van der Waals surface area (Å²) in [7, 11) is 0. The van der Waals surface area contributed by atoms with Gasteiger partial charge < -0.3 is 4.74 Å². The molecule has 2 aromatic heterocycles. The summed E-state index contributed by atoms with van der Waals surface area (Å²) in [6.07, 6.45) is 5.85. The highest BCUT2D eigenvalue weighted by Crippen LogP contribution is 2.17. The van der Waals surface area contributed by atoms with E-state index < -0.39 is 0 Å². The van der Waals surface area contributed by atoms with Crippen molar-refractivity contribution in [3.05, 3.63) is 102 Å². The quantitative estimate of drug-likeness (QED) is 0.490. The normalized spacial score (nSPS) is 11.1. The number of para-hydroxylation sites is 1. The maximum Gasteiger partial charge on any atom is 0.130 e. The molecule has 3 heteroatoms. The number of pyridine rings is 2. The van der Waals surface area contributed by atoms with Gasteiger partial charge >= 0.3 is 0 Å². The van der Waals surface area contributed by atoms with E-state index in [4.69, 9.17) is 4.74 Å². The Morgan fingerprint density at radius 2 is 1.62 bits per heavy atom. The van der Waals surface area contributed by atoms with Crippen LogP contribution in [0.2, 0.25) is 0 Å². The van der Waals surface area contributed by atoms with Crippen LogP contribution in [0.15, 0.2) is 85.1 Å². The monoisotopic (exact) mass is 338 g/mol. The summed E-state index contributed by atoms with van der Waals surface area (Å²) in [4.78, 5) is 8.91. The second-order valence-corrected chi connectivity index (χ2v) is 5.94. The van der Waals surface area contributed by atoms with Gasteiger partial charge in [-0.2, -0.15) is 0 Å². The largest absolute Gasteiger partial charge is 0.487 e. The highest BCUT2D eigenvalue weighted by Gasteiger charge is 1.98. The summed E-state index contributed by atoms with van der Waals surface area (Å²) in [6, 6.07) is 26.1. The number of ether oxygens (including phenoxy) is 1. The molecular formula is C23H18N2O. The van der Waals surface area contributed by atoms with Gasteiger partial charge in [-0.05, 0) is 48.0 Å². The van der Waals surface area contributed by atoms with Crippen LogP contribution in [0.25, 0.3) is 23.1 Å². The first-order valence-corrected chi connectivity index (χ1v) is 8.53. The lowest BCUT2D eigenvalue weighted by Crippen LogP contribution is -1.97. The van der Waals surface area contributed by atoms with Gasteiger partial charge in [0, 0.05) is 11.6 Å². The first-order chi connectivity index (χ1) is 12.9.